The van der Waals surface area contributed by atoms with Crippen molar-refractivity contribution >= 4 is 17.2 Å². The van der Waals surface area contributed by atoms with Gasteiger partial charge in [-0.1, -0.05) is 6.07 Å². The van der Waals surface area contributed by atoms with Gasteiger partial charge in [0.2, 0.25) is 5.28 Å². The van der Waals surface area contributed by atoms with Crippen molar-refractivity contribution in [3.63, 3.8) is 0 Å². The van der Waals surface area contributed by atoms with E-state index in [0.29, 0.717) is 0 Å². The Morgan fingerprint density at radius 1 is 1.29 bits per heavy atom. The number of morpholine rings is 1. The van der Waals surface area contributed by atoms with Crippen LogP contribution < -0.4 is 0 Å². The van der Waals surface area contributed by atoms with Crippen LogP contribution in [0.25, 0.3) is 5.65 Å². The molecule has 0 aliphatic carbocycles. The topological polar surface area (TPSA) is 42.7 Å². The van der Waals surface area contributed by atoms with Gasteiger partial charge in [-0.2, -0.15) is 4.98 Å². The van der Waals surface area contributed by atoms with Gasteiger partial charge in [-0.3, -0.25) is 4.90 Å². The Bertz CT molecular complexity index is 521. The molecule has 90 valence electrons. The molecule has 0 atom stereocenters. The van der Waals surface area contributed by atoms with Gasteiger partial charge in [-0.05, 0) is 23.2 Å². The fourth-order valence-corrected chi connectivity index (χ4v) is 2.18. The van der Waals surface area contributed by atoms with E-state index in [1.165, 1.54) is 5.56 Å². The van der Waals surface area contributed by atoms with E-state index in [-0.39, 0.29) is 5.28 Å². The van der Waals surface area contributed by atoms with Crippen LogP contribution >= 0.6 is 11.6 Å². The predicted octanol–water partition coefficient (Wildman–Crippen LogP) is 1.21. The lowest BCUT2D eigenvalue weighted by Gasteiger charge is -2.26. The standard InChI is InChI=1S/C11H13ClN4O/c12-11-13-10-2-1-9(8-16(10)14-11)7-15-3-5-17-6-4-15/h1-2,8H,3-7H2. The van der Waals surface area contributed by atoms with Crippen LogP contribution in [0.1, 0.15) is 5.56 Å². The summed E-state index contributed by atoms with van der Waals surface area (Å²) < 4.78 is 7.04. The Labute approximate surface area is 104 Å². The largest absolute Gasteiger partial charge is 0.379 e. The van der Waals surface area contributed by atoms with E-state index in [2.05, 4.69) is 21.0 Å². The van der Waals surface area contributed by atoms with Crippen LogP contribution in [0.4, 0.5) is 0 Å². The maximum atomic E-state index is 5.76. The summed E-state index contributed by atoms with van der Waals surface area (Å²) in [7, 11) is 0. The van der Waals surface area contributed by atoms with Gasteiger partial charge in [0.05, 0.1) is 13.2 Å². The summed E-state index contributed by atoms with van der Waals surface area (Å²) >= 11 is 5.76. The average Bonchev–Trinajstić information content (AvgIpc) is 2.70. The van der Waals surface area contributed by atoms with Crippen LogP contribution in [0.2, 0.25) is 5.28 Å². The van der Waals surface area contributed by atoms with E-state index in [1.807, 2.05) is 12.3 Å². The SMILES string of the molecule is Clc1nc2ccc(CN3CCOCC3)cn2n1. The van der Waals surface area contributed by atoms with Crippen LogP contribution in [0.3, 0.4) is 0 Å². The molecule has 1 saturated heterocycles. The van der Waals surface area contributed by atoms with E-state index in [0.717, 1.165) is 38.5 Å². The van der Waals surface area contributed by atoms with Crippen LogP contribution in [0.5, 0.6) is 0 Å². The first-order chi connectivity index (χ1) is 8.31. The lowest BCUT2D eigenvalue weighted by atomic mass is 10.2. The van der Waals surface area contributed by atoms with E-state index < -0.39 is 0 Å². The van der Waals surface area contributed by atoms with Crippen LogP contribution in [-0.4, -0.2) is 45.8 Å². The van der Waals surface area contributed by atoms with Crippen molar-refractivity contribution in [2.45, 2.75) is 6.54 Å². The molecule has 0 unspecified atom stereocenters. The lowest BCUT2D eigenvalue weighted by Crippen LogP contribution is -2.35. The molecule has 2 aromatic heterocycles. The fraction of sp³-hybridized carbons (Fsp3) is 0.455. The van der Waals surface area contributed by atoms with E-state index in [1.54, 1.807) is 4.52 Å². The Morgan fingerprint density at radius 2 is 2.12 bits per heavy atom. The summed E-state index contributed by atoms with van der Waals surface area (Å²) in [5.41, 5.74) is 1.99. The molecule has 1 aliphatic heterocycles. The highest BCUT2D eigenvalue weighted by Crippen LogP contribution is 2.10. The molecule has 17 heavy (non-hydrogen) atoms. The molecule has 0 N–H and O–H groups in total. The summed E-state index contributed by atoms with van der Waals surface area (Å²) in [6.45, 7) is 4.51. The number of fused-ring (bicyclic) bond motifs is 1. The average molecular weight is 253 g/mol. The third-order valence-electron chi connectivity index (χ3n) is 2.88. The van der Waals surface area contributed by atoms with Crippen molar-refractivity contribution in [1.29, 1.82) is 0 Å². The van der Waals surface area contributed by atoms with Gasteiger partial charge >= 0.3 is 0 Å². The second kappa shape index (κ2) is 4.60. The van der Waals surface area contributed by atoms with Crippen molar-refractivity contribution in [1.82, 2.24) is 19.5 Å². The van der Waals surface area contributed by atoms with Crippen molar-refractivity contribution < 1.29 is 4.74 Å². The quantitative estimate of drug-likeness (QED) is 0.806. The minimum atomic E-state index is 0.286. The molecule has 1 aliphatic rings. The summed E-state index contributed by atoms with van der Waals surface area (Å²) in [6, 6.07) is 4.00. The molecule has 0 amide bonds. The second-order valence-electron chi connectivity index (χ2n) is 4.11. The Hall–Kier alpha value is -1.17. The van der Waals surface area contributed by atoms with E-state index in [4.69, 9.17) is 16.3 Å². The van der Waals surface area contributed by atoms with Gasteiger partial charge < -0.3 is 4.74 Å². The highest BCUT2D eigenvalue weighted by atomic mass is 35.5. The molecule has 3 rings (SSSR count). The Balaban J connectivity index is 1.79. The molecule has 0 spiro atoms. The first kappa shape index (κ1) is 11.0. The molecule has 6 heteroatoms. The number of halogens is 1. The zero-order valence-electron chi connectivity index (χ0n) is 9.34. The van der Waals surface area contributed by atoms with Crippen LogP contribution in [0, 0.1) is 0 Å². The number of nitrogens with zero attached hydrogens (tertiary/aromatic N) is 4. The maximum Gasteiger partial charge on any atom is 0.243 e. The molecule has 5 nitrogen and oxygen atoms in total. The first-order valence-corrected chi connectivity index (χ1v) is 6.00. The zero-order valence-corrected chi connectivity index (χ0v) is 10.1. The summed E-state index contributed by atoms with van der Waals surface area (Å²) in [4.78, 5) is 6.45. The Morgan fingerprint density at radius 3 is 2.94 bits per heavy atom. The molecule has 0 aromatic carbocycles. The molecule has 3 heterocycles. The van der Waals surface area contributed by atoms with Gasteiger partial charge in [0.1, 0.15) is 0 Å². The number of pyridine rings is 1. The van der Waals surface area contributed by atoms with Crippen molar-refractivity contribution in [2.75, 3.05) is 26.3 Å². The smallest absolute Gasteiger partial charge is 0.243 e. The number of hydrogen-bond donors (Lipinski definition) is 0. The number of hydrogen-bond acceptors (Lipinski definition) is 4. The molecule has 0 saturated carbocycles. The van der Waals surface area contributed by atoms with Crippen LogP contribution in [0.15, 0.2) is 18.3 Å². The highest BCUT2D eigenvalue weighted by Gasteiger charge is 2.11. The molecule has 0 bridgehead atoms. The van der Waals surface area contributed by atoms with Gasteiger partial charge in [0.25, 0.3) is 0 Å². The minimum absolute atomic E-state index is 0.286. The minimum Gasteiger partial charge on any atom is -0.379 e. The normalized spacial score (nSPS) is 17.7. The number of aromatic nitrogens is 3. The van der Waals surface area contributed by atoms with Gasteiger partial charge in [-0.15, -0.1) is 5.10 Å². The predicted molar refractivity (Wildman–Crippen MR) is 64.1 cm³/mol. The van der Waals surface area contributed by atoms with Gasteiger partial charge in [-0.25, -0.2) is 4.52 Å². The van der Waals surface area contributed by atoms with E-state index in [9.17, 15) is 0 Å². The molecular formula is C11H13ClN4O. The molecular weight excluding hydrogens is 240 g/mol. The molecule has 1 fully saturated rings. The summed E-state index contributed by atoms with van der Waals surface area (Å²) in [5, 5.41) is 4.38. The molecule has 0 radical (unpaired) electrons. The maximum absolute atomic E-state index is 5.76. The third kappa shape index (κ3) is 2.41. The second-order valence-corrected chi connectivity index (χ2v) is 4.45. The zero-order chi connectivity index (χ0) is 11.7. The third-order valence-corrected chi connectivity index (χ3v) is 3.04. The van der Waals surface area contributed by atoms with Crippen LogP contribution in [-0.2, 0) is 11.3 Å². The Kier molecular flexibility index (Phi) is 2.96. The van der Waals surface area contributed by atoms with Crippen molar-refractivity contribution in [3.05, 3.63) is 29.2 Å². The number of ether oxygens (including phenoxy) is 1. The summed E-state index contributed by atoms with van der Waals surface area (Å²) in [6.07, 6.45) is 1.98. The van der Waals surface area contributed by atoms with Gasteiger partial charge in [0.15, 0.2) is 5.65 Å². The van der Waals surface area contributed by atoms with Crippen molar-refractivity contribution in [3.8, 4) is 0 Å². The van der Waals surface area contributed by atoms with Crippen molar-refractivity contribution in [2.24, 2.45) is 0 Å². The highest BCUT2D eigenvalue weighted by molar-refractivity contribution is 6.28. The lowest BCUT2D eigenvalue weighted by molar-refractivity contribution is 0.0341. The monoisotopic (exact) mass is 252 g/mol. The first-order valence-electron chi connectivity index (χ1n) is 5.62. The molecule has 2 aromatic rings. The fourth-order valence-electron chi connectivity index (χ4n) is 2.01. The summed E-state index contributed by atoms with van der Waals surface area (Å²) in [5.74, 6) is 0. The number of rotatable bonds is 2. The van der Waals surface area contributed by atoms with Gasteiger partial charge in [0, 0.05) is 25.8 Å². The van der Waals surface area contributed by atoms with E-state index >= 15 is 0 Å².